The first-order valence-electron chi connectivity index (χ1n) is 9.93. The molecule has 1 aromatic carbocycles. The number of nitrogens with zero attached hydrogens (tertiary/aromatic N) is 4. The van der Waals surface area contributed by atoms with Crippen molar-refractivity contribution in [1.82, 2.24) is 9.80 Å². The van der Waals surface area contributed by atoms with Crippen LogP contribution in [0.25, 0.3) is 0 Å². The first-order valence-corrected chi connectivity index (χ1v) is 9.93. The lowest BCUT2D eigenvalue weighted by molar-refractivity contribution is -0.142. The van der Waals surface area contributed by atoms with Gasteiger partial charge in [-0.3, -0.25) is 19.4 Å². The Hall–Kier alpha value is -2.97. The lowest BCUT2D eigenvalue weighted by Gasteiger charge is -2.38. The fourth-order valence-electron chi connectivity index (χ4n) is 3.92. The van der Waals surface area contributed by atoms with E-state index in [1.54, 1.807) is 4.90 Å². The number of benzene rings is 1. The standard InChI is InChI=1S/C20H24FN5O3/c21-14-4-6-15(7-5-14)26-17(18(22)27)12-16(23-26)20(29)25-10-8-24(9-11-25)19(28)13-2-1-3-13/h4-7,13,17H,1-3,8-12H2,(H2,22,27). The van der Waals surface area contributed by atoms with Crippen LogP contribution in [0.5, 0.6) is 0 Å². The number of nitrogens with two attached hydrogens (primary N) is 1. The van der Waals surface area contributed by atoms with Gasteiger partial charge in [0.1, 0.15) is 17.6 Å². The molecule has 3 aliphatic rings. The van der Waals surface area contributed by atoms with E-state index in [4.69, 9.17) is 5.73 Å². The number of hydrazone groups is 1. The molecule has 0 radical (unpaired) electrons. The second kappa shape index (κ2) is 7.81. The molecule has 2 heterocycles. The maximum atomic E-state index is 13.2. The van der Waals surface area contributed by atoms with Gasteiger partial charge in [-0.25, -0.2) is 4.39 Å². The van der Waals surface area contributed by atoms with Gasteiger partial charge >= 0.3 is 0 Å². The quantitative estimate of drug-likeness (QED) is 0.803. The van der Waals surface area contributed by atoms with Crippen LogP contribution in [0.4, 0.5) is 10.1 Å². The van der Waals surface area contributed by atoms with E-state index in [2.05, 4.69) is 5.10 Å². The zero-order valence-electron chi connectivity index (χ0n) is 16.1. The molecule has 1 aliphatic carbocycles. The Morgan fingerprint density at radius 2 is 1.62 bits per heavy atom. The molecule has 8 nitrogen and oxygen atoms in total. The molecular weight excluding hydrogens is 377 g/mol. The van der Waals surface area contributed by atoms with Crippen molar-refractivity contribution in [2.45, 2.75) is 31.7 Å². The highest BCUT2D eigenvalue weighted by Gasteiger charge is 2.38. The van der Waals surface area contributed by atoms with Crippen LogP contribution in [-0.4, -0.2) is 65.5 Å². The summed E-state index contributed by atoms with van der Waals surface area (Å²) in [5.41, 5.74) is 6.24. The molecule has 0 spiro atoms. The monoisotopic (exact) mass is 401 g/mol. The van der Waals surface area contributed by atoms with Gasteiger partial charge in [-0.2, -0.15) is 5.10 Å². The number of carbonyl (C=O) groups excluding carboxylic acids is 3. The molecule has 0 bridgehead atoms. The summed E-state index contributed by atoms with van der Waals surface area (Å²) >= 11 is 0. The molecule has 4 rings (SSSR count). The van der Waals surface area contributed by atoms with Gasteiger partial charge < -0.3 is 15.5 Å². The summed E-state index contributed by atoms with van der Waals surface area (Å²) in [6, 6.07) is 4.73. The summed E-state index contributed by atoms with van der Waals surface area (Å²) in [6.07, 6.45) is 3.14. The highest BCUT2D eigenvalue weighted by Crippen LogP contribution is 2.29. The van der Waals surface area contributed by atoms with Crippen molar-refractivity contribution in [2.24, 2.45) is 16.8 Å². The van der Waals surface area contributed by atoms with Gasteiger partial charge in [-0.15, -0.1) is 0 Å². The van der Waals surface area contributed by atoms with Crippen molar-refractivity contribution in [3.05, 3.63) is 30.1 Å². The third-order valence-corrected chi connectivity index (χ3v) is 5.91. The minimum Gasteiger partial charge on any atom is -0.368 e. The maximum absolute atomic E-state index is 13.2. The average molecular weight is 401 g/mol. The van der Waals surface area contributed by atoms with Gasteiger partial charge in [0.2, 0.25) is 11.8 Å². The number of rotatable bonds is 4. The summed E-state index contributed by atoms with van der Waals surface area (Å²) in [5, 5.41) is 5.71. The highest BCUT2D eigenvalue weighted by atomic mass is 19.1. The van der Waals surface area contributed by atoms with Crippen molar-refractivity contribution in [3.63, 3.8) is 0 Å². The number of amides is 3. The average Bonchev–Trinajstić information content (AvgIpc) is 3.12. The summed E-state index contributed by atoms with van der Waals surface area (Å²) in [6.45, 7) is 1.90. The van der Waals surface area contributed by atoms with Crippen molar-refractivity contribution in [3.8, 4) is 0 Å². The molecule has 2 N–H and O–H groups in total. The fraction of sp³-hybridized carbons (Fsp3) is 0.500. The summed E-state index contributed by atoms with van der Waals surface area (Å²) < 4.78 is 13.2. The van der Waals surface area contributed by atoms with E-state index in [1.165, 1.54) is 29.3 Å². The smallest absolute Gasteiger partial charge is 0.270 e. The molecule has 1 saturated carbocycles. The fourth-order valence-corrected chi connectivity index (χ4v) is 3.92. The first kappa shape index (κ1) is 19.4. The Balaban J connectivity index is 1.43. The predicted molar refractivity (Wildman–Crippen MR) is 104 cm³/mol. The normalized spacial score (nSPS) is 22.3. The molecule has 29 heavy (non-hydrogen) atoms. The molecular formula is C20H24FN5O3. The predicted octanol–water partition coefficient (Wildman–Crippen LogP) is 0.717. The molecule has 0 aromatic heterocycles. The molecule has 2 fully saturated rings. The molecule has 1 aromatic rings. The molecule has 1 unspecified atom stereocenters. The number of primary amides is 1. The second-order valence-electron chi connectivity index (χ2n) is 7.74. The minimum atomic E-state index is -0.791. The van der Waals surface area contributed by atoms with Gasteiger partial charge in [-0.1, -0.05) is 6.42 Å². The molecule has 154 valence electrons. The Morgan fingerprint density at radius 1 is 1.00 bits per heavy atom. The Labute approximate surface area is 168 Å². The summed E-state index contributed by atoms with van der Waals surface area (Å²) in [7, 11) is 0. The largest absolute Gasteiger partial charge is 0.368 e. The van der Waals surface area contributed by atoms with Crippen molar-refractivity contribution < 1.29 is 18.8 Å². The molecule has 9 heteroatoms. The SMILES string of the molecule is NC(=O)C1CC(C(=O)N2CCN(C(=O)C3CCC3)CC2)=NN1c1ccc(F)cc1. The molecule has 1 saturated heterocycles. The van der Waals surface area contributed by atoms with Crippen molar-refractivity contribution in [2.75, 3.05) is 31.2 Å². The van der Waals surface area contributed by atoms with E-state index in [1.807, 2.05) is 4.90 Å². The third-order valence-electron chi connectivity index (χ3n) is 5.91. The van der Waals surface area contributed by atoms with Gasteiger partial charge in [0.25, 0.3) is 5.91 Å². The molecule has 2 aliphatic heterocycles. The number of halogens is 1. The van der Waals surface area contributed by atoms with Crippen LogP contribution in [0.1, 0.15) is 25.7 Å². The number of hydrogen-bond acceptors (Lipinski definition) is 5. The third kappa shape index (κ3) is 3.81. The number of hydrogen-bond donors (Lipinski definition) is 1. The van der Waals surface area contributed by atoms with Crippen LogP contribution in [0.2, 0.25) is 0 Å². The Morgan fingerprint density at radius 3 is 2.17 bits per heavy atom. The summed E-state index contributed by atoms with van der Waals surface area (Å²) in [5.74, 6) is -0.915. The van der Waals surface area contributed by atoms with Crippen LogP contribution in [0, 0.1) is 11.7 Å². The van der Waals surface area contributed by atoms with E-state index in [-0.39, 0.29) is 29.9 Å². The first-order chi connectivity index (χ1) is 13.9. The highest BCUT2D eigenvalue weighted by molar-refractivity contribution is 6.40. The van der Waals surface area contributed by atoms with E-state index >= 15 is 0 Å². The number of carbonyl (C=O) groups is 3. The van der Waals surface area contributed by atoms with E-state index < -0.39 is 17.8 Å². The summed E-state index contributed by atoms with van der Waals surface area (Å²) in [4.78, 5) is 40.7. The molecule has 3 amide bonds. The van der Waals surface area contributed by atoms with E-state index in [9.17, 15) is 18.8 Å². The van der Waals surface area contributed by atoms with Crippen LogP contribution < -0.4 is 10.7 Å². The van der Waals surface area contributed by atoms with Gasteiger partial charge in [0.05, 0.1) is 5.69 Å². The van der Waals surface area contributed by atoms with Crippen LogP contribution >= 0.6 is 0 Å². The Bertz CT molecular complexity index is 844. The van der Waals surface area contributed by atoms with E-state index in [0.29, 0.717) is 31.9 Å². The van der Waals surface area contributed by atoms with Gasteiger partial charge in [0, 0.05) is 38.5 Å². The lowest BCUT2D eigenvalue weighted by atomic mass is 9.84. The van der Waals surface area contributed by atoms with Gasteiger partial charge in [-0.05, 0) is 37.1 Å². The van der Waals surface area contributed by atoms with Crippen LogP contribution in [0.3, 0.4) is 0 Å². The second-order valence-corrected chi connectivity index (χ2v) is 7.74. The zero-order valence-corrected chi connectivity index (χ0v) is 16.1. The van der Waals surface area contributed by atoms with Crippen molar-refractivity contribution >= 4 is 29.1 Å². The van der Waals surface area contributed by atoms with E-state index in [0.717, 1.165) is 19.3 Å². The lowest BCUT2D eigenvalue weighted by Crippen LogP contribution is -2.53. The van der Waals surface area contributed by atoms with Crippen molar-refractivity contribution in [1.29, 1.82) is 0 Å². The zero-order chi connectivity index (χ0) is 20.5. The van der Waals surface area contributed by atoms with Crippen LogP contribution in [0.15, 0.2) is 29.4 Å². The topological polar surface area (TPSA) is 99.3 Å². The molecule has 1 atom stereocenters. The maximum Gasteiger partial charge on any atom is 0.270 e. The minimum absolute atomic E-state index is 0.104. The Kier molecular flexibility index (Phi) is 5.21. The van der Waals surface area contributed by atoms with Gasteiger partial charge in [0.15, 0.2) is 0 Å². The number of anilines is 1. The van der Waals surface area contributed by atoms with Crippen LogP contribution in [-0.2, 0) is 14.4 Å². The number of piperazine rings is 1.